The van der Waals surface area contributed by atoms with Gasteiger partial charge in [-0.15, -0.1) is 0 Å². The second kappa shape index (κ2) is 5.62. The maximum atomic E-state index is 12.5. The van der Waals surface area contributed by atoms with E-state index in [0.29, 0.717) is 0 Å². The van der Waals surface area contributed by atoms with Crippen molar-refractivity contribution >= 4 is 29.4 Å². The first-order chi connectivity index (χ1) is 11.4. The van der Waals surface area contributed by atoms with E-state index in [1.54, 1.807) is 0 Å². The fraction of sp³-hybridized carbons (Fsp3) is 0.0588. The molecule has 24 heavy (non-hydrogen) atoms. The van der Waals surface area contributed by atoms with Gasteiger partial charge < -0.3 is 14.6 Å². The quantitative estimate of drug-likeness (QED) is 0.469. The summed E-state index contributed by atoms with van der Waals surface area (Å²) in [7, 11) is 0. The van der Waals surface area contributed by atoms with Crippen LogP contribution in [0.4, 0.5) is 5.69 Å². The highest BCUT2D eigenvalue weighted by Gasteiger charge is 2.36. The molecule has 1 aliphatic heterocycles. The van der Waals surface area contributed by atoms with Crippen LogP contribution in [0, 0.1) is 0 Å². The third-order valence-electron chi connectivity index (χ3n) is 3.48. The van der Waals surface area contributed by atoms with Crippen LogP contribution >= 0.6 is 0 Å². The van der Waals surface area contributed by atoms with Gasteiger partial charge in [0.1, 0.15) is 5.75 Å². The average molecular weight is 324 g/mol. The smallest absolute Gasteiger partial charge is 0.308 e. The average Bonchev–Trinajstić information content (AvgIpc) is 2.79. The Balaban J connectivity index is 1.95. The minimum Gasteiger partial charge on any atom is -0.545 e. The first kappa shape index (κ1) is 15.4. The van der Waals surface area contributed by atoms with Gasteiger partial charge in [-0.25, -0.2) is 4.90 Å². The predicted octanol–water partition coefficient (Wildman–Crippen LogP) is 0.776. The van der Waals surface area contributed by atoms with Gasteiger partial charge in [0.2, 0.25) is 0 Å². The summed E-state index contributed by atoms with van der Waals surface area (Å²) in [5.74, 6) is -2.82. The largest absolute Gasteiger partial charge is 0.545 e. The maximum Gasteiger partial charge on any atom is 0.308 e. The summed E-state index contributed by atoms with van der Waals surface area (Å²) >= 11 is 0. The monoisotopic (exact) mass is 324 g/mol. The molecule has 0 bridgehead atoms. The molecule has 0 saturated heterocycles. The molecule has 0 atom stereocenters. The lowest BCUT2D eigenvalue weighted by Gasteiger charge is -2.14. The Morgan fingerprint density at radius 3 is 2.17 bits per heavy atom. The van der Waals surface area contributed by atoms with Gasteiger partial charge in [-0.05, 0) is 42.0 Å². The fourth-order valence-electron chi connectivity index (χ4n) is 2.43. The van der Waals surface area contributed by atoms with Crippen molar-refractivity contribution in [1.82, 2.24) is 0 Å². The van der Waals surface area contributed by atoms with Crippen LogP contribution in [-0.4, -0.2) is 23.8 Å². The number of aromatic carboxylic acids is 1. The Morgan fingerprint density at radius 1 is 0.958 bits per heavy atom. The SMILES string of the molecule is CC(=O)Oc1ccc(N2C(=O)c3ccc(C(=O)[O-])cc3C2=O)cc1. The van der Waals surface area contributed by atoms with E-state index in [9.17, 15) is 24.3 Å². The molecule has 2 aromatic carbocycles. The highest BCUT2D eigenvalue weighted by molar-refractivity contribution is 6.34. The molecule has 0 radical (unpaired) electrons. The van der Waals surface area contributed by atoms with Gasteiger partial charge >= 0.3 is 5.97 Å². The zero-order valence-electron chi connectivity index (χ0n) is 12.4. The van der Waals surface area contributed by atoms with Gasteiger partial charge in [-0.1, -0.05) is 6.07 Å². The van der Waals surface area contributed by atoms with Crippen LogP contribution in [0.3, 0.4) is 0 Å². The van der Waals surface area contributed by atoms with Crippen molar-refractivity contribution in [3.05, 3.63) is 59.2 Å². The summed E-state index contributed by atoms with van der Waals surface area (Å²) in [6.45, 7) is 1.26. The van der Waals surface area contributed by atoms with Gasteiger partial charge in [-0.2, -0.15) is 0 Å². The van der Waals surface area contributed by atoms with Crippen LogP contribution in [0.5, 0.6) is 5.75 Å². The Morgan fingerprint density at radius 2 is 1.58 bits per heavy atom. The molecule has 0 N–H and O–H groups in total. The zero-order chi connectivity index (χ0) is 17.4. The minimum atomic E-state index is -1.43. The van der Waals surface area contributed by atoms with Crippen molar-refractivity contribution in [2.24, 2.45) is 0 Å². The summed E-state index contributed by atoms with van der Waals surface area (Å²) in [6, 6.07) is 9.44. The Hall–Kier alpha value is -3.48. The van der Waals surface area contributed by atoms with Gasteiger partial charge in [0.05, 0.1) is 22.8 Å². The van der Waals surface area contributed by atoms with Gasteiger partial charge in [0.15, 0.2) is 0 Å². The summed E-state index contributed by atoms with van der Waals surface area (Å²) in [5.41, 5.74) is 0.230. The highest BCUT2D eigenvalue weighted by Crippen LogP contribution is 2.30. The molecule has 1 heterocycles. The molecule has 0 aromatic heterocycles. The van der Waals surface area contributed by atoms with E-state index in [-0.39, 0.29) is 28.1 Å². The molecule has 2 amide bonds. The van der Waals surface area contributed by atoms with Crippen LogP contribution in [0.25, 0.3) is 0 Å². The van der Waals surface area contributed by atoms with Gasteiger partial charge in [0, 0.05) is 6.92 Å². The number of fused-ring (bicyclic) bond motifs is 1. The number of benzene rings is 2. The number of carboxylic acid groups (broad SMARTS) is 1. The van der Waals surface area contributed by atoms with E-state index >= 15 is 0 Å². The third-order valence-corrected chi connectivity index (χ3v) is 3.48. The van der Waals surface area contributed by atoms with E-state index in [2.05, 4.69) is 0 Å². The van der Waals surface area contributed by atoms with Crippen molar-refractivity contribution in [3.63, 3.8) is 0 Å². The number of rotatable bonds is 3. The van der Waals surface area contributed by atoms with E-state index < -0.39 is 23.8 Å². The lowest BCUT2D eigenvalue weighted by molar-refractivity contribution is -0.255. The molecule has 0 saturated carbocycles. The molecule has 0 unspecified atom stereocenters. The number of amides is 2. The van der Waals surface area contributed by atoms with Crippen molar-refractivity contribution in [3.8, 4) is 5.75 Å². The Kier molecular flexibility index (Phi) is 3.61. The number of carbonyl (C=O) groups is 4. The van der Waals surface area contributed by atoms with Crippen LogP contribution in [0.1, 0.15) is 38.0 Å². The molecule has 1 aliphatic rings. The van der Waals surface area contributed by atoms with Crippen LogP contribution in [-0.2, 0) is 4.79 Å². The number of imide groups is 1. The van der Waals surface area contributed by atoms with Crippen LogP contribution < -0.4 is 14.7 Å². The van der Waals surface area contributed by atoms with Gasteiger partial charge in [0.25, 0.3) is 11.8 Å². The summed E-state index contributed by atoms with van der Waals surface area (Å²) < 4.78 is 4.89. The minimum absolute atomic E-state index is 0.00534. The van der Waals surface area contributed by atoms with Crippen molar-refractivity contribution in [2.75, 3.05) is 4.90 Å². The zero-order valence-corrected chi connectivity index (χ0v) is 12.4. The molecule has 120 valence electrons. The standard InChI is InChI=1S/C17H11NO6/c1-9(19)24-12-5-3-11(4-6-12)18-15(20)13-7-2-10(17(22)23)8-14(13)16(18)21/h2-8H,1H3,(H,22,23)/p-1. The number of esters is 1. The number of carboxylic acids is 1. The van der Waals surface area contributed by atoms with Crippen LogP contribution in [0.2, 0.25) is 0 Å². The second-order valence-electron chi connectivity index (χ2n) is 5.08. The van der Waals surface area contributed by atoms with Gasteiger partial charge in [-0.3, -0.25) is 14.4 Å². The van der Waals surface area contributed by atoms with Crippen molar-refractivity contribution in [1.29, 1.82) is 0 Å². The number of hydrogen-bond donors (Lipinski definition) is 0. The van der Waals surface area contributed by atoms with Crippen molar-refractivity contribution < 1.29 is 29.0 Å². The lowest BCUT2D eigenvalue weighted by atomic mass is 10.1. The number of anilines is 1. The number of hydrogen-bond acceptors (Lipinski definition) is 6. The fourth-order valence-corrected chi connectivity index (χ4v) is 2.43. The predicted molar refractivity (Wildman–Crippen MR) is 79.7 cm³/mol. The summed E-state index contributed by atoms with van der Waals surface area (Å²) in [5, 5.41) is 10.9. The van der Waals surface area contributed by atoms with E-state index in [1.165, 1.54) is 43.3 Å². The lowest BCUT2D eigenvalue weighted by Crippen LogP contribution is -2.29. The molecule has 2 aromatic rings. The molecule has 7 heteroatoms. The first-order valence-corrected chi connectivity index (χ1v) is 6.91. The van der Waals surface area contributed by atoms with E-state index in [4.69, 9.17) is 4.74 Å². The summed E-state index contributed by atoms with van der Waals surface area (Å²) in [6.07, 6.45) is 0. The molecular weight excluding hydrogens is 314 g/mol. The summed E-state index contributed by atoms with van der Waals surface area (Å²) in [4.78, 5) is 47.6. The molecule has 7 nitrogen and oxygen atoms in total. The maximum absolute atomic E-state index is 12.5. The van der Waals surface area contributed by atoms with Crippen molar-refractivity contribution in [2.45, 2.75) is 6.92 Å². The normalized spacial score (nSPS) is 13.0. The molecule has 3 rings (SSSR count). The molecule has 0 fully saturated rings. The topological polar surface area (TPSA) is 104 Å². The van der Waals surface area contributed by atoms with E-state index in [0.717, 1.165) is 11.0 Å². The highest BCUT2D eigenvalue weighted by atomic mass is 16.5. The van der Waals surface area contributed by atoms with Crippen LogP contribution in [0.15, 0.2) is 42.5 Å². The second-order valence-corrected chi connectivity index (χ2v) is 5.08. The molecule has 0 spiro atoms. The Labute approximate surface area is 136 Å². The van der Waals surface area contributed by atoms with E-state index in [1.807, 2.05) is 0 Å². The first-order valence-electron chi connectivity index (χ1n) is 6.91. The number of carbonyl (C=O) groups excluding carboxylic acids is 4. The Bertz CT molecular complexity index is 884. The number of nitrogens with zero attached hydrogens (tertiary/aromatic N) is 1. The number of ether oxygens (including phenoxy) is 1. The molecular formula is C17H10NO6-. The third kappa shape index (κ3) is 2.52. The molecule has 0 aliphatic carbocycles.